The van der Waals surface area contributed by atoms with E-state index in [4.69, 9.17) is 15.2 Å². The molecule has 0 saturated heterocycles. The van der Waals surface area contributed by atoms with Gasteiger partial charge < -0.3 is 15.2 Å². The molecule has 1 aliphatic heterocycles. The summed E-state index contributed by atoms with van der Waals surface area (Å²) in [5.41, 5.74) is 9.65. The van der Waals surface area contributed by atoms with E-state index in [-0.39, 0.29) is 39.7 Å². The minimum atomic E-state index is -0.816. The van der Waals surface area contributed by atoms with Gasteiger partial charge in [-0.1, -0.05) is 60.7 Å². The summed E-state index contributed by atoms with van der Waals surface area (Å²) < 4.78 is 11.4. The molecule has 166 valence electrons. The highest BCUT2D eigenvalue weighted by Crippen LogP contribution is 2.44. The zero-order valence-corrected chi connectivity index (χ0v) is 18.4. The van der Waals surface area contributed by atoms with Crippen molar-refractivity contribution in [1.82, 2.24) is 0 Å². The maximum atomic E-state index is 13.4. The van der Waals surface area contributed by atoms with Crippen LogP contribution in [0.25, 0.3) is 0 Å². The van der Waals surface area contributed by atoms with Crippen molar-refractivity contribution in [1.29, 1.82) is 5.26 Å². The molecule has 3 aromatic carbocycles. The van der Waals surface area contributed by atoms with Crippen LogP contribution in [0, 0.1) is 18.3 Å². The van der Waals surface area contributed by atoms with Gasteiger partial charge >= 0.3 is 0 Å². The van der Waals surface area contributed by atoms with Crippen LogP contribution in [0.2, 0.25) is 0 Å². The number of allylic oxidation sites excluding steroid dienone is 3. The van der Waals surface area contributed by atoms with E-state index in [1.54, 1.807) is 48.5 Å². The Morgan fingerprint density at radius 3 is 2.26 bits per heavy atom. The third kappa shape index (κ3) is 3.44. The summed E-state index contributed by atoms with van der Waals surface area (Å²) in [4.78, 5) is 26.5. The van der Waals surface area contributed by atoms with Gasteiger partial charge in [-0.2, -0.15) is 5.26 Å². The van der Waals surface area contributed by atoms with Gasteiger partial charge in [-0.3, -0.25) is 9.59 Å². The normalized spacial score (nSPS) is 17.0. The molecule has 0 bridgehead atoms. The van der Waals surface area contributed by atoms with Crippen LogP contribution >= 0.6 is 0 Å². The number of nitriles is 1. The van der Waals surface area contributed by atoms with Crippen molar-refractivity contribution in [2.45, 2.75) is 19.4 Å². The van der Waals surface area contributed by atoms with Crippen LogP contribution in [0.5, 0.6) is 5.75 Å². The van der Waals surface area contributed by atoms with E-state index in [0.29, 0.717) is 17.9 Å². The van der Waals surface area contributed by atoms with E-state index in [0.717, 1.165) is 11.1 Å². The van der Waals surface area contributed by atoms with Crippen molar-refractivity contribution in [3.05, 3.63) is 123 Å². The van der Waals surface area contributed by atoms with Gasteiger partial charge in [0.15, 0.2) is 11.5 Å². The first-order valence-electron chi connectivity index (χ1n) is 10.8. The highest BCUT2D eigenvalue weighted by molar-refractivity contribution is 6.27. The van der Waals surface area contributed by atoms with Crippen LogP contribution in [-0.4, -0.2) is 11.6 Å². The Labute approximate surface area is 196 Å². The lowest BCUT2D eigenvalue weighted by Crippen LogP contribution is -2.32. The number of ketones is 2. The molecule has 0 aromatic heterocycles. The minimum Gasteiger partial charge on any atom is -0.489 e. The molecule has 1 aliphatic carbocycles. The van der Waals surface area contributed by atoms with Gasteiger partial charge in [-0.15, -0.1) is 0 Å². The Balaban J connectivity index is 1.50. The van der Waals surface area contributed by atoms with Crippen molar-refractivity contribution in [3.63, 3.8) is 0 Å². The lowest BCUT2D eigenvalue weighted by atomic mass is 9.75. The second-order valence-corrected chi connectivity index (χ2v) is 8.16. The summed E-state index contributed by atoms with van der Waals surface area (Å²) in [5, 5.41) is 9.81. The largest absolute Gasteiger partial charge is 0.489 e. The van der Waals surface area contributed by atoms with Gasteiger partial charge in [0, 0.05) is 11.1 Å². The van der Waals surface area contributed by atoms with E-state index < -0.39 is 11.7 Å². The topological polar surface area (TPSA) is 102 Å². The molecule has 5 rings (SSSR count). The summed E-state index contributed by atoms with van der Waals surface area (Å²) >= 11 is 0. The third-order valence-corrected chi connectivity index (χ3v) is 6.16. The Kier molecular flexibility index (Phi) is 5.23. The smallest absolute Gasteiger partial charge is 0.229 e. The van der Waals surface area contributed by atoms with E-state index in [9.17, 15) is 14.9 Å². The Morgan fingerprint density at radius 2 is 1.59 bits per heavy atom. The van der Waals surface area contributed by atoms with Gasteiger partial charge in [-0.25, -0.2) is 0 Å². The predicted octanol–water partition coefficient (Wildman–Crippen LogP) is 4.72. The van der Waals surface area contributed by atoms with E-state index in [2.05, 4.69) is 6.07 Å². The average molecular weight is 448 g/mol. The van der Waals surface area contributed by atoms with Gasteiger partial charge in [0.1, 0.15) is 24.0 Å². The number of rotatable bonds is 4. The SMILES string of the molecule is Cc1ccccc1COc1ccc(C2C(C#N)=C(N)OC3=C2C(=O)c2ccccc2C3=O)cc1. The quantitative estimate of drug-likeness (QED) is 0.620. The Hall–Kier alpha value is -4.63. The molecule has 3 aromatic rings. The molecular weight excluding hydrogens is 428 g/mol. The average Bonchev–Trinajstić information content (AvgIpc) is 2.86. The fourth-order valence-corrected chi connectivity index (χ4v) is 4.33. The van der Waals surface area contributed by atoms with E-state index >= 15 is 0 Å². The van der Waals surface area contributed by atoms with Crippen LogP contribution in [-0.2, 0) is 11.3 Å². The fraction of sp³-hybridized carbons (Fsp3) is 0.107. The number of hydrogen-bond donors (Lipinski definition) is 1. The number of ether oxygens (including phenoxy) is 2. The molecule has 2 N–H and O–H groups in total. The summed E-state index contributed by atoms with van der Waals surface area (Å²) in [7, 11) is 0. The molecule has 34 heavy (non-hydrogen) atoms. The number of hydrogen-bond acceptors (Lipinski definition) is 6. The monoisotopic (exact) mass is 448 g/mol. The number of benzene rings is 3. The first-order valence-corrected chi connectivity index (χ1v) is 10.8. The fourth-order valence-electron chi connectivity index (χ4n) is 4.33. The number of carbonyl (C=O) groups is 2. The van der Waals surface area contributed by atoms with Crippen molar-refractivity contribution >= 4 is 11.6 Å². The van der Waals surface area contributed by atoms with Crippen LogP contribution in [0.15, 0.2) is 95.6 Å². The van der Waals surface area contributed by atoms with Gasteiger partial charge in [0.25, 0.3) is 0 Å². The molecule has 2 aliphatic rings. The molecule has 0 fully saturated rings. The lowest BCUT2D eigenvalue weighted by molar-refractivity contribution is 0.0897. The number of aryl methyl sites for hydroxylation is 1. The maximum Gasteiger partial charge on any atom is 0.229 e. The molecule has 6 nitrogen and oxygen atoms in total. The molecule has 6 heteroatoms. The molecule has 0 amide bonds. The second-order valence-electron chi connectivity index (χ2n) is 8.16. The molecule has 0 radical (unpaired) electrons. The Morgan fingerprint density at radius 1 is 0.941 bits per heavy atom. The van der Waals surface area contributed by atoms with Crippen LogP contribution in [0.1, 0.15) is 43.3 Å². The standard InChI is InChI=1S/C28H20N2O4/c1-16-6-2-3-7-18(16)15-33-19-12-10-17(11-13-19)23-22(14-29)28(30)34-27-24(23)25(31)20-8-4-5-9-21(20)26(27)32/h2-13,23H,15,30H2,1H3. The third-order valence-electron chi connectivity index (χ3n) is 6.16. The number of fused-ring (bicyclic) bond motifs is 1. The molecule has 1 heterocycles. The van der Waals surface area contributed by atoms with E-state index in [1.165, 1.54) is 0 Å². The highest BCUT2D eigenvalue weighted by atomic mass is 16.5. The van der Waals surface area contributed by atoms with Gasteiger partial charge in [0.2, 0.25) is 11.7 Å². The van der Waals surface area contributed by atoms with Crippen LogP contribution in [0.3, 0.4) is 0 Å². The van der Waals surface area contributed by atoms with Crippen molar-refractivity contribution in [2.75, 3.05) is 0 Å². The molecule has 1 unspecified atom stereocenters. The summed E-state index contributed by atoms with van der Waals surface area (Å²) in [6.45, 7) is 2.44. The minimum absolute atomic E-state index is 0.0906. The molecule has 0 saturated carbocycles. The van der Waals surface area contributed by atoms with Crippen LogP contribution in [0.4, 0.5) is 0 Å². The highest BCUT2D eigenvalue weighted by Gasteiger charge is 2.43. The predicted molar refractivity (Wildman–Crippen MR) is 125 cm³/mol. The maximum absolute atomic E-state index is 13.4. The summed E-state index contributed by atoms with van der Waals surface area (Å²) in [6, 6.07) is 23.7. The summed E-state index contributed by atoms with van der Waals surface area (Å²) in [5.74, 6) is -1.25. The van der Waals surface area contributed by atoms with Gasteiger partial charge in [-0.05, 0) is 35.7 Å². The first kappa shape index (κ1) is 21.2. The number of nitrogens with zero attached hydrogens (tertiary/aromatic N) is 1. The van der Waals surface area contributed by atoms with Crippen molar-refractivity contribution < 1.29 is 19.1 Å². The zero-order valence-electron chi connectivity index (χ0n) is 18.4. The zero-order chi connectivity index (χ0) is 23.8. The Bertz CT molecular complexity index is 1440. The van der Waals surface area contributed by atoms with Crippen molar-refractivity contribution in [2.24, 2.45) is 5.73 Å². The van der Waals surface area contributed by atoms with Crippen LogP contribution < -0.4 is 10.5 Å². The number of nitrogens with two attached hydrogens (primary N) is 1. The molecular formula is C28H20N2O4. The summed E-state index contributed by atoms with van der Waals surface area (Å²) in [6.07, 6.45) is 0. The second kappa shape index (κ2) is 8.38. The van der Waals surface area contributed by atoms with Gasteiger partial charge in [0.05, 0.1) is 11.5 Å². The van der Waals surface area contributed by atoms with E-state index in [1.807, 2.05) is 31.2 Å². The molecule has 1 atom stereocenters. The number of Topliss-reactive ketones (excluding diaryl/α,β-unsaturated/α-hetero) is 2. The number of carbonyl (C=O) groups excluding carboxylic acids is 2. The molecule has 0 spiro atoms. The lowest BCUT2D eigenvalue weighted by Gasteiger charge is -2.31. The van der Waals surface area contributed by atoms with Crippen molar-refractivity contribution in [3.8, 4) is 11.8 Å². The first-order chi connectivity index (χ1) is 16.5.